The van der Waals surface area contributed by atoms with Crippen LogP contribution in [0.15, 0.2) is 91.0 Å². The van der Waals surface area contributed by atoms with Gasteiger partial charge >= 0.3 is 0 Å². The molecule has 1 aliphatic rings. The maximum Gasteiger partial charge on any atom is 0.258 e. The van der Waals surface area contributed by atoms with E-state index in [2.05, 4.69) is 0 Å². The number of fused-ring (bicyclic) bond motifs is 1. The number of amides is 2. The van der Waals surface area contributed by atoms with Crippen LogP contribution < -0.4 is 9.80 Å². The minimum atomic E-state index is -0.210. The standard InChI is InChI=1S/C26H24N2O2/c1-3-25(29)28(21-14-8-5-9-15-21)24-18-19(2)27(23-17-11-10-16-22(23)24)26(30)20-12-6-4-7-13-20/h4-19H,3H2,1-2H3. The zero-order chi connectivity index (χ0) is 21.1. The third-order valence-electron chi connectivity index (χ3n) is 5.29. The Balaban J connectivity index is 1.84. The molecule has 1 heterocycles. The van der Waals surface area contributed by atoms with E-state index in [1.165, 1.54) is 0 Å². The van der Waals surface area contributed by atoms with Crippen molar-refractivity contribution in [2.24, 2.45) is 0 Å². The summed E-state index contributed by atoms with van der Waals surface area (Å²) in [5.74, 6) is -0.0452. The lowest BCUT2D eigenvalue weighted by molar-refractivity contribution is -0.117. The molecule has 150 valence electrons. The molecule has 1 aliphatic heterocycles. The summed E-state index contributed by atoms with van der Waals surface area (Å²) < 4.78 is 0. The molecule has 4 rings (SSSR count). The predicted octanol–water partition coefficient (Wildman–Crippen LogP) is 5.52. The first-order chi connectivity index (χ1) is 14.6. The second-order valence-corrected chi connectivity index (χ2v) is 7.27. The van der Waals surface area contributed by atoms with Gasteiger partial charge < -0.3 is 4.90 Å². The molecule has 3 aromatic carbocycles. The summed E-state index contributed by atoms with van der Waals surface area (Å²) in [6, 6.07) is 26.5. The molecular weight excluding hydrogens is 372 g/mol. The van der Waals surface area contributed by atoms with Gasteiger partial charge in [-0.25, -0.2) is 0 Å². The van der Waals surface area contributed by atoms with Gasteiger partial charge in [0.2, 0.25) is 5.91 Å². The van der Waals surface area contributed by atoms with E-state index in [1.54, 1.807) is 9.80 Å². The van der Waals surface area contributed by atoms with Crippen LogP contribution in [0.1, 0.15) is 36.2 Å². The molecule has 30 heavy (non-hydrogen) atoms. The highest BCUT2D eigenvalue weighted by Crippen LogP contribution is 2.39. The number of carbonyl (C=O) groups is 2. The summed E-state index contributed by atoms with van der Waals surface area (Å²) in [5.41, 5.74) is 3.95. The van der Waals surface area contributed by atoms with Gasteiger partial charge in [0, 0.05) is 23.2 Å². The molecule has 0 N–H and O–H groups in total. The Morgan fingerprint density at radius 1 is 0.867 bits per heavy atom. The maximum atomic E-state index is 13.3. The fourth-order valence-electron chi connectivity index (χ4n) is 3.87. The summed E-state index contributed by atoms with van der Waals surface area (Å²) in [6.45, 7) is 3.85. The first-order valence-electron chi connectivity index (χ1n) is 10.2. The Morgan fingerprint density at radius 2 is 1.47 bits per heavy atom. The molecular formula is C26H24N2O2. The molecule has 1 atom stereocenters. The van der Waals surface area contributed by atoms with Crippen molar-refractivity contribution in [1.82, 2.24) is 0 Å². The third kappa shape index (κ3) is 3.52. The average Bonchev–Trinajstić information content (AvgIpc) is 2.80. The van der Waals surface area contributed by atoms with Gasteiger partial charge in [-0.3, -0.25) is 14.5 Å². The summed E-state index contributed by atoms with van der Waals surface area (Å²) in [4.78, 5) is 29.9. The van der Waals surface area contributed by atoms with Gasteiger partial charge in [-0.05, 0) is 43.3 Å². The van der Waals surface area contributed by atoms with Crippen molar-refractivity contribution in [3.63, 3.8) is 0 Å². The number of carbonyl (C=O) groups excluding carboxylic acids is 2. The van der Waals surface area contributed by atoms with Crippen LogP contribution in [0.25, 0.3) is 5.70 Å². The lowest BCUT2D eigenvalue weighted by atomic mass is 9.97. The second-order valence-electron chi connectivity index (χ2n) is 7.27. The van der Waals surface area contributed by atoms with E-state index in [0.717, 1.165) is 22.6 Å². The minimum absolute atomic E-state index is 0.0114. The Labute approximate surface area is 177 Å². The van der Waals surface area contributed by atoms with E-state index in [-0.39, 0.29) is 17.9 Å². The lowest BCUT2D eigenvalue weighted by Gasteiger charge is -2.37. The van der Waals surface area contributed by atoms with Crippen LogP contribution in [-0.2, 0) is 4.79 Å². The van der Waals surface area contributed by atoms with Crippen molar-refractivity contribution in [3.8, 4) is 0 Å². The summed E-state index contributed by atoms with van der Waals surface area (Å²) in [6.07, 6.45) is 2.39. The summed E-state index contributed by atoms with van der Waals surface area (Å²) in [5, 5.41) is 0. The summed E-state index contributed by atoms with van der Waals surface area (Å²) in [7, 11) is 0. The molecule has 0 aromatic heterocycles. The Hall–Kier alpha value is -3.66. The molecule has 4 nitrogen and oxygen atoms in total. The smallest absolute Gasteiger partial charge is 0.258 e. The number of benzene rings is 3. The average molecular weight is 396 g/mol. The number of anilines is 2. The molecule has 3 aromatic rings. The molecule has 0 aliphatic carbocycles. The Bertz CT molecular complexity index is 1090. The van der Waals surface area contributed by atoms with Crippen molar-refractivity contribution in [2.45, 2.75) is 26.3 Å². The minimum Gasteiger partial charge on any atom is -0.301 e. The maximum absolute atomic E-state index is 13.3. The fraction of sp³-hybridized carbons (Fsp3) is 0.154. The van der Waals surface area contributed by atoms with Crippen molar-refractivity contribution in [3.05, 3.63) is 102 Å². The summed E-state index contributed by atoms with van der Waals surface area (Å²) >= 11 is 0. The van der Waals surface area contributed by atoms with Crippen LogP contribution in [0.5, 0.6) is 0 Å². The van der Waals surface area contributed by atoms with E-state index in [1.807, 2.05) is 105 Å². The number of nitrogens with zero attached hydrogens (tertiary/aromatic N) is 2. The highest BCUT2D eigenvalue weighted by atomic mass is 16.2. The van der Waals surface area contributed by atoms with Crippen LogP contribution >= 0.6 is 0 Å². The number of hydrogen-bond donors (Lipinski definition) is 0. The zero-order valence-corrected chi connectivity index (χ0v) is 17.2. The second kappa shape index (κ2) is 8.37. The van der Waals surface area contributed by atoms with Gasteiger partial charge in [0.05, 0.1) is 17.4 Å². The van der Waals surface area contributed by atoms with Gasteiger partial charge in [-0.15, -0.1) is 0 Å². The first-order valence-corrected chi connectivity index (χ1v) is 10.2. The van der Waals surface area contributed by atoms with E-state index >= 15 is 0 Å². The topological polar surface area (TPSA) is 40.6 Å². The monoisotopic (exact) mass is 396 g/mol. The third-order valence-corrected chi connectivity index (χ3v) is 5.29. The lowest BCUT2D eigenvalue weighted by Crippen LogP contribution is -2.42. The van der Waals surface area contributed by atoms with Gasteiger partial charge in [-0.1, -0.05) is 61.5 Å². The zero-order valence-electron chi connectivity index (χ0n) is 17.2. The van der Waals surface area contributed by atoms with Crippen molar-refractivity contribution in [2.75, 3.05) is 9.80 Å². The molecule has 4 heteroatoms. The van der Waals surface area contributed by atoms with Gasteiger partial charge in [0.25, 0.3) is 5.91 Å². The van der Waals surface area contributed by atoms with Crippen molar-refractivity contribution < 1.29 is 9.59 Å². The molecule has 1 unspecified atom stereocenters. The largest absolute Gasteiger partial charge is 0.301 e. The normalized spacial score (nSPS) is 15.2. The van der Waals surface area contributed by atoms with Crippen LogP contribution in [-0.4, -0.2) is 17.9 Å². The first kappa shape index (κ1) is 19.6. The molecule has 0 bridgehead atoms. The van der Waals surface area contributed by atoms with Crippen LogP contribution in [0.2, 0.25) is 0 Å². The number of para-hydroxylation sites is 2. The Kier molecular flexibility index (Phi) is 5.48. The quantitative estimate of drug-likeness (QED) is 0.583. The molecule has 0 spiro atoms. The van der Waals surface area contributed by atoms with Gasteiger partial charge in [0.15, 0.2) is 0 Å². The highest BCUT2D eigenvalue weighted by molar-refractivity contribution is 6.13. The van der Waals surface area contributed by atoms with Crippen molar-refractivity contribution in [1.29, 1.82) is 0 Å². The highest BCUT2D eigenvalue weighted by Gasteiger charge is 2.32. The number of rotatable bonds is 4. The number of hydrogen-bond acceptors (Lipinski definition) is 2. The molecule has 0 fully saturated rings. The van der Waals surface area contributed by atoms with Crippen LogP contribution in [0.4, 0.5) is 11.4 Å². The van der Waals surface area contributed by atoms with E-state index in [4.69, 9.17) is 0 Å². The predicted molar refractivity (Wildman–Crippen MR) is 121 cm³/mol. The fourth-order valence-corrected chi connectivity index (χ4v) is 3.87. The van der Waals surface area contributed by atoms with E-state index in [9.17, 15) is 9.59 Å². The SMILES string of the molecule is CCC(=O)N(C1=CC(C)N(C(=O)c2ccccc2)c2ccccc21)c1ccccc1. The van der Waals surface area contributed by atoms with Crippen LogP contribution in [0, 0.1) is 0 Å². The molecule has 0 radical (unpaired) electrons. The van der Waals surface area contributed by atoms with E-state index < -0.39 is 0 Å². The van der Waals surface area contributed by atoms with Crippen LogP contribution in [0.3, 0.4) is 0 Å². The van der Waals surface area contributed by atoms with Gasteiger partial charge in [-0.2, -0.15) is 0 Å². The molecule has 0 saturated carbocycles. The van der Waals surface area contributed by atoms with Gasteiger partial charge in [0.1, 0.15) is 0 Å². The molecule has 0 saturated heterocycles. The van der Waals surface area contributed by atoms with E-state index in [0.29, 0.717) is 12.0 Å². The molecule has 2 amide bonds. The Morgan fingerprint density at radius 3 is 2.13 bits per heavy atom. The van der Waals surface area contributed by atoms with Crippen molar-refractivity contribution >= 4 is 28.9 Å².